The number of carbonyl (C=O) groups excluding carboxylic acids is 1. The van der Waals surface area contributed by atoms with Gasteiger partial charge < -0.3 is 10.2 Å². The van der Waals surface area contributed by atoms with Crippen molar-refractivity contribution < 1.29 is 4.79 Å². The van der Waals surface area contributed by atoms with Gasteiger partial charge in [-0.1, -0.05) is 6.07 Å². The fraction of sp³-hybridized carbons (Fsp3) is 0.562. The summed E-state index contributed by atoms with van der Waals surface area (Å²) in [6, 6.07) is 6.35. The van der Waals surface area contributed by atoms with Crippen LogP contribution >= 0.6 is 0 Å². The Bertz CT molecular complexity index is 464. The molecule has 1 saturated heterocycles. The summed E-state index contributed by atoms with van der Waals surface area (Å²) in [4.78, 5) is 14.3. The molecule has 1 aromatic rings. The molecule has 1 N–H and O–H groups in total. The van der Waals surface area contributed by atoms with Crippen LogP contribution in [0.5, 0.6) is 0 Å². The molecule has 2 aliphatic rings. The second-order valence-corrected chi connectivity index (χ2v) is 5.68. The van der Waals surface area contributed by atoms with Gasteiger partial charge in [-0.05, 0) is 68.5 Å². The third-order valence-corrected chi connectivity index (χ3v) is 4.24. The van der Waals surface area contributed by atoms with E-state index in [0.29, 0.717) is 6.42 Å². The van der Waals surface area contributed by atoms with E-state index in [1.54, 1.807) is 0 Å². The van der Waals surface area contributed by atoms with Crippen molar-refractivity contribution in [1.29, 1.82) is 0 Å². The van der Waals surface area contributed by atoms with Gasteiger partial charge in [0.1, 0.15) is 0 Å². The van der Waals surface area contributed by atoms with Crippen LogP contribution in [0.15, 0.2) is 18.2 Å². The molecule has 0 bridgehead atoms. The Balaban J connectivity index is 1.51. The van der Waals surface area contributed by atoms with E-state index in [2.05, 4.69) is 22.3 Å². The quantitative estimate of drug-likeness (QED) is 0.900. The SMILES string of the molecule is O=C(CCN1CCCC1)Nc1ccc2c(c1)CCC2. The molecule has 1 aromatic carbocycles. The molecule has 0 atom stereocenters. The molecule has 1 fully saturated rings. The Morgan fingerprint density at radius 1 is 1.11 bits per heavy atom. The summed E-state index contributed by atoms with van der Waals surface area (Å²) in [6.45, 7) is 3.22. The first kappa shape index (κ1) is 12.7. The number of hydrogen-bond acceptors (Lipinski definition) is 2. The zero-order valence-corrected chi connectivity index (χ0v) is 11.5. The normalized spacial score (nSPS) is 18.5. The van der Waals surface area contributed by atoms with Crippen molar-refractivity contribution in [1.82, 2.24) is 4.90 Å². The van der Waals surface area contributed by atoms with Crippen molar-refractivity contribution >= 4 is 11.6 Å². The first-order valence-electron chi connectivity index (χ1n) is 7.45. The lowest BCUT2D eigenvalue weighted by molar-refractivity contribution is -0.116. The predicted octanol–water partition coefficient (Wildman–Crippen LogP) is 2.60. The number of hydrogen-bond donors (Lipinski definition) is 1. The summed E-state index contributed by atoms with van der Waals surface area (Å²) in [5.41, 5.74) is 3.83. The van der Waals surface area contributed by atoms with Gasteiger partial charge >= 0.3 is 0 Å². The van der Waals surface area contributed by atoms with Gasteiger partial charge in [0.05, 0.1) is 0 Å². The Hall–Kier alpha value is -1.35. The maximum atomic E-state index is 11.9. The summed E-state index contributed by atoms with van der Waals surface area (Å²) in [7, 11) is 0. The Morgan fingerprint density at radius 2 is 1.89 bits per heavy atom. The Morgan fingerprint density at radius 3 is 2.74 bits per heavy atom. The molecule has 0 saturated carbocycles. The number of amides is 1. The van der Waals surface area contributed by atoms with E-state index in [0.717, 1.165) is 31.7 Å². The van der Waals surface area contributed by atoms with Crippen LogP contribution in [0, 0.1) is 0 Å². The van der Waals surface area contributed by atoms with Crippen LogP contribution in [-0.4, -0.2) is 30.4 Å². The molecule has 3 rings (SSSR count). The summed E-state index contributed by atoms with van der Waals surface area (Å²) in [5, 5.41) is 3.03. The van der Waals surface area contributed by atoms with Gasteiger partial charge in [-0.15, -0.1) is 0 Å². The number of benzene rings is 1. The number of nitrogens with one attached hydrogen (secondary N) is 1. The topological polar surface area (TPSA) is 32.3 Å². The number of aryl methyl sites for hydroxylation is 2. The number of anilines is 1. The number of rotatable bonds is 4. The van der Waals surface area contributed by atoms with E-state index >= 15 is 0 Å². The number of carbonyl (C=O) groups is 1. The lowest BCUT2D eigenvalue weighted by Gasteiger charge is -2.14. The van der Waals surface area contributed by atoms with Gasteiger partial charge in [0.2, 0.25) is 5.91 Å². The minimum atomic E-state index is 0.143. The van der Waals surface area contributed by atoms with E-state index in [1.165, 1.54) is 36.8 Å². The molecular formula is C16H22N2O. The average Bonchev–Trinajstić information content (AvgIpc) is 3.07. The zero-order chi connectivity index (χ0) is 13.1. The van der Waals surface area contributed by atoms with Crippen LogP contribution in [0.4, 0.5) is 5.69 Å². The van der Waals surface area contributed by atoms with Crippen LogP contribution in [0.3, 0.4) is 0 Å². The fourth-order valence-corrected chi connectivity index (χ4v) is 3.14. The summed E-state index contributed by atoms with van der Waals surface area (Å²) in [5.74, 6) is 0.143. The van der Waals surface area contributed by atoms with Crippen LogP contribution in [0.2, 0.25) is 0 Å². The minimum Gasteiger partial charge on any atom is -0.326 e. The number of nitrogens with zero attached hydrogens (tertiary/aromatic N) is 1. The maximum Gasteiger partial charge on any atom is 0.225 e. The van der Waals surface area contributed by atoms with E-state index in [-0.39, 0.29) is 5.91 Å². The van der Waals surface area contributed by atoms with Crippen LogP contribution < -0.4 is 5.32 Å². The molecular weight excluding hydrogens is 236 g/mol. The monoisotopic (exact) mass is 258 g/mol. The lowest BCUT2D eigenvalue weighted by Crippen LogP contribution is -2.25. The smallest absolute Gasteiger partial charge is 0.225 e. The molecule has 0 radical (unpaired) electrons. The van der Waals surface area contributed by atoms with Gasteiger partial charge in [-0.25, -0.2) is 0 Å². The molecule has 19 heavy (non-hydrogen) atoms. The highest BCUT2D eigenvalue weighted by Crippen LogP contribution is 2.24. The molecule has 102 valence electrons. The van der Waals surface area contributed by atoms with Crippen molar-refractivity contribution in [3.05, 3.63) is 29.3 Å². The lowest BCUT2D eigenvalue weighted by atomic mass is 10.1. The Labute approximate surface area is 115 Å². The molecule has 1 aliphatic carbocycles. The van der Waals surface area contributed by atoms with Gasteiger partial charge in [0, 0.05) is 18.7 Å². The molecule has 3 nitrogen and oxygen atoms in total. The fourth-order valence-electron chi connectivity index (χ4n) is 3.14. The molecule has 0 aromatic heterocycles. The van der Waals surface area contributed by atoms with Gasteiger partial charge in [-0.3, -0.25) is 4.79 Å². The van der Waals surface area contributed by atoms with Gasteiger partial charge in [0.15, 0.2) is 0 Å². The average molecular weight is 258 g/mol. The second-order valence-electron chi connectivity index (χ2n) is 5.68. The summed E-state index contributed by atoms with van der Waals surface area (Å²) >= 11 is 0. The summed E-state index contributed by atoms with van der Waals surface area (Å²) in [6.07, 6.45) is 6.78. The first-order chi connectivity index (χ1) is 9.31. The minimum absolute atomic E-state index is 0.143. The molecule has 0 unspecified atom stereocenters. The third-order valence-electron chi connectivity index (χ3n) is 4.24. The largest absolute Gasteiger partial charge is 0.326 e. The van der Waals surface area contributed by atoms with Gasteiger partial charge in [-0.2, -0.15) is 0 Å². The van der Waals surface area contributed by atoms with E-state index in [1.807, 2.05) is 6.07 Å². The highest BCUT2D eigenvalue weighted by molar-refractivity contribution is 5.91. The molecule has 1 amide bonds. The third kappa shape index (κ3) is 3.16. The van der Waals surface area contributed by atoms with Crippen LogP contribution in [-0.2, 0) is 17.6 Å². The highest BCUT2D eigenvalue weighted by Gasteiger charge is 2.14. The van der Waals surface area contributed by atoms with Crippen molar-refractivity contribution in [2.24, 2.45) is 0 Å². The van der Waals surface area contributed by atoms with E-state index in [4.69, 9.17) is 0 Å². The van der Waals surface area contributed by atoms with Crippen LogP contribution in [0.25, 0.3) is 0 Å². The van der Waals surface area contributed by atoms with Crippen molar-refractivity contribution in [3.63, 3.8) is 0 Å². The predicted molar refractivity (Wildman–Crippen MR) is 77.4 cm³/mol. The van der Waals surface area contributed by atoms with Crippen molar-refractivity contribution in [2.75, 3.05) is 25.0 Å². The first-order valence-corrected chi connectivity index (χ1v) is 7.45. The highest BCUT2D eigenvalue weighted by atomic mass is 16.1. The molecule has 1 heterocycles. The standard InChI is InChI=1S/C16H22N2O/c19-16(8-11-18-9-1-2-10-18)17-15-7-6-13-4-3-5-14(13)12-15/h6-7,12H,1-5,8-11H2,(H,17,19). The Kier molecular flexibility index (Phi) is 3.83. The maximum absolute atomic E-state index is 11.9. The molecule has 1 aliphatic heterocycles. The van der Waals surface area contributed by atoms with Gasteiger partial charge in [0.25, 0.3) is 0 Å². The van der Waals surface area contributed by atoms with Crippen molar-refractivity contribution in [2.45, 2.75) is 38.5 Å². The summed E-state index contributed by atoms with van der Waals surface area (Å²) < 4.78 is 0. The van der Waals surface area contributed by atoms with Crippen LogP contribution in [0.1, 0.15) is 36.8 Å². The molecule has 3 heteroatoms. The van der Waals surface area contributed by atoms with Crippen molar-refractivity contribution in [3.8, 4) is 0 Å². The second kappa shape index (κ2) is 5.74. The van der Waals surface area contributed by atoms with E-state index in [9.17, 15) is 4.79 Å². The molecule has 0 spiro atoms. The van der Waals surface area contributed by atoms with E-state index < -0.39 is 0 Å². The number of likely N-dealkylation sites (tertiary alicyclic amines) is 1. The zero-order valence-electron chi connectivity index (χ0n) is 11.5. The number of fused-ring (bicyclic) bond motifs is 1.